The molecule has 6 heteroatoms. The van der Waals surface area contributed by atoms with Crippen LogP contribution in [0, 0.1) is 0 Å². The third kappa shape index (κ3) is 47.1. The van der Waals surface area contributed by atoms with Gasteiger partial charge in [0.25, 0.3) is 0 Å². The van der Waals surface area contributed by atoms with Gasteiger partial charge in [-0.25, -0.2) is 0 Å². The smallest absolute Gasteiger partial charge is 0.306 e. The molecule has 0 amide bonds. The van der Waals surface area contributed by atoms with E-state index in [0.29, 0.717) is 19.3 Å². The molecule has 0 heterocycles. The van der Waals surface area contributed by atoms with Gasteiger partial charge in [-0.3, -0.25) is 14.4 Å². The highest BCUT2D eigenvalue weighted by atomic mass is 16.6. The fourth-order valence-corrected chi connectivity index (χ4v) is 7.79. The molecule has 0 aliphatic carbocycles. The fraction of sp³-hybridized carbons (Fsp3) is 0.906. The van der Waals surface area contributed by atoms with Crippen molar-refractivity contribution in [2.45, 2.75) is 297 Å². The predicted octanol–water partition coefficient (Wildman–Crippen LogP) is 17.0. The van der Waals surface area contributed by atoms with Gasteiger partial charge in [0.05, 0.1) is 0 Å². The highest BCUT2D eigenvalue weighted by Gasteiger charge is 2.19. The number of rotatable bonds is 48. The molecule has 348 valence electrons. The molecule has 0 aromatic rings. The van der Waals surface area contributed by atoms with Gasteiger partial charge in [0, 0.05) is 19.3 Å². The summed E-state index contributed by atoms with van der Waals surface area (Å²) in [4.78, 5) is 37.9. The van der Waals surface area contributed by atoms with Gasteiger partial charge >= 0.3 is 17.9 Å². The summed E-state index contributed by atoms with van der Waals surface area (Å²) in [5, 5.41) is 0. The number of allylic oxidation sites excluding steroid dienone is 2. The fourth-order valence-electron chi connectivity index (χ4n) is 7.79. The second kappa shape index (κ2) is 48.8. The van der Waals surface area contributed by atoms with Crippen LogP contribution in [0.3, 0.4) is 0 Å². The minimum atomic E-state index is -0.767. The lowest BCUT2D eigenvalue weighted by molar-refractivity contribution is -0.167. The van der Waals surface area contributed by atoms with Crippen molar-refractivity contribution in [2.24, 2.45) is 0 Å². The first-order valence-electron chi connectivity index (χ1n) is 26.2. The van der Waals surface area contributed by atoms with Crippen molar-refractivity contribution >= 4 is 17.9 Å². The summed E-state index contributed by atoms with van der Waals surface area (Å²) in [6, 6.07) is 0. The zero-order valence-corrected chi connectivity index (χ0v) is 39.8. The van der Waals surface area contributed by atoms with Crippen LogP contribution in [0.2, 0.25) is 0 Å². The Labute approximate surface area is 367 Å². The van der Waals surface area contributed by atoms with E-state index in [9.17, 15) is 14.4 Å². The van der Waals surface area contributed by atoms with Gasteiger partial charge in [-0.2, -0.15) is 0 Å². The average molecular weight is 833 g/mol. The van der Waals surface area contributed by atoms with E-state index in [2.05, 4.69) is 32.9 Å². The summed E-state index contributed by atoms with van der Waals surface area (Å²) < 4.78 is 16.8. The van der Waals surface area contributed by atoms with Crippen molar-refractivity contribution in [3.05, 3.63) is 12.2 Å². The highest BCUT2D eigenvalue weighted by Crippen LogP contribution is 2.16. The van der Waals surface area contributed by atoms with Crippen LogP contribution in [0.25, 0.3) is 0 Å². The Bertz CT molecular complexity index is 916. The first-order chi connectivity index (χ1) is 29.0. The van der Waals surface area contributed by atoms with E-state index in [0.717, 1.165) is 64.2 Å². The van der Waals surface area contributed by atoms with E-state index in [1.54, 1.807) is 0 Å². The molecule has 0 saturated heterocycles. The summed E-state index contributed by atoms with van der Waals surface area (Å²) in [7, 11) is 0. The largest absolute Gasteiger partial charge is 0.462 e. The van der Waals surface area contributed by atoms with Crippen molar-refractivity contribution in [3.8, 4) is 0 Å². The van der Waals surface area contributed by atoms with Crippen LogP contribution in [0.15, 0.2) is 12.2 Å². The average Bonchev–Trinajstić information content (AvgIpc) is 3.23. The van der Waals surface area contributed by atoms with Crippen LogP contribution in [0.1, 0.15) is 290 Å². The number of carbonyl (C=O) groups excluding carboxylic acids is 3. The van der Waals surface area contributed by atoms with E-state index in [1.807, 2.05) is 0 Å². The van der Waals surface area contributed by atoms with Crippen LogP contribution in [0.4, 0.5) is 0 Å². The maximum atomic E-state index is 12.8. The standard InChI is InChI=1S/C53H100O6/c1-4-7-10-13-16-19-22-25-26-27-29-31-34-37-40-43-46-52(55)58-49-50(48-57-51(54)45-42-39-36-33-30-24-21-18-15-12-9-6-3)59-53(56)47-44-41-38-35-32-28-23-20-17-14-11-8-5-2/h20,23,50H,4-19,21-22,24-49H2,1-3H3/b23-20-. The molecule has 0 aromatic heterocycles. The SMILES string of the molecule is CCCCCC/C=C\CCCCCCCC(=O)OC(COC(=O)CCCCCCCCCCCCCC)COC(=O)CCCCCCCCCCCCCCCCCC. The van der Waals surface area contributed by atoms with Gasteiger partial charge in [0.15, 0.2) is 6.10 Å². The number of unbranched alkanes of at least 4 members (excludes halogenated alkanes) is 35. The molecule has 0 fully saturated rings. The van der Waals surface area contributed by atoms with Gasteiger partial charge in [0.2, 0.25) is 0 Å². The Morgan fingerprint density at radius 2 is 0.559 bits per heavy atom. The van der Waals surface area contributed by atoms with Gasteiger partial charge in [-0.05, 0) is 44.9 Å². The lowest BCUT2D eigenvalue weighted by Gasteiger charge is -2.18. The first kappa shape index (κ1) is 57.1. The van der Waals surface area contributed by atoms with E-state index >= 15 is 0 Å². The van der Waals surface area contributed by atoms with Crippen LogP contribution in [-0.2, 0) is 28.6 Å². The maximum Gasteiger partial charge on any atom is 0.306 e. The van der Waals surface area contributed by atoms with Crippen LogP contribution >= 0.6 is 0 Å². The monoisotopic (exact) mass is 833 g/mol. The summed E-state index contributed by atoms with van der Waals surface area (Å²) in [5.74, 6) is -0.860. The van der Waals surface area contributed by atoms with Crippen LogP contribution in [-0.4, -0.2) is 37.2 Å². The zero-order valence-electron chi connectivity index (χ0n) is 39.8. The van der Waals surface area contributed by atoms with Crippen molar-refractivity contribution in [1.82, 2.24) is 0 Å². The van der Waals surface area contributed by atoms with Crippen molar-refractivity contribution in [2.75, 3.05) is 13.2 Å². The lowest BCUT2D eigenvalue weighted by atomic mass is 10.0. The third-order valence-electron chi connectivity index (χ3n) is 11.8. The van der Waals surface area contributed by atoms with Crippen LogP contribution in [0.5, 0.6) is 0 Å². The summed E-state index contributed by atoms with van der Waals surface area (Å²) in [6.07, 6.45) is 53.3. The predicted molar refractivity (Wildman–Crippen MR) is 252 cm³/mol. The van der Waals surface area contributed by atoms with E-state index in [1.165, 1.54) is 186 Å². The Morgan fingerprint density at radius 1 is 0.322 bits per heavy atom. The molecule has 0 rings (SSSR count). The lowest BCUT2D eigenvalue weighted by Crippen LogP contribution is -2.30. The van der Waals surface area contributed by atoms with Crippen molar-refractivity contribution in [3.63, 3.8) is 0 Å². The van der Waals surface area contributed by atoms with E-state index in [-0.39, 0.29) is 31.1 Å². The molecule has 0 aliphatic heterocycles. The summed E-state index contributed by atoms with van der Waals surface area (Å²) >= 11 is 0. The molecule has 0 radical (unpaired) electrons. The van der Waals surface area contributed by atoms with E-state index < -0.39 is 6.10 Å². The Kier molecular flexibility index (Phi) is 47.3. The number of hydrogen-bond acceptors (Lipinski definition) is 6. The molecule has 1 atom stereocenters. The van der Waals surface area contributed by atoms with Gasteiger partial charge < -0.3 is 14.2 Å². The van der Waals surface area contributed by atoms with Crippen LogP contribution < -0.4 is 0 Å². The summed E-state index contributed by atoms with van der Waals surface area (Å²) in [5.41, 5.74) is 0. The van der Waals surface area contributed by atoms with Gasteiger partial charge in [-0.1, -0.05) is 238 Å². The zero-order chi connectivity index (χ0) is 43.0. The quantitative estimate of drug-likeness (QED) is 0.0263. The Morgan fingerprint density at radius 3 is 0.864 bits per heavy atom. The molecule has 0 bridgehead atoms. The molecular weight excluding hydrogens is 733 g/mol. The second-order valence-electron chi connectivity index (χ2n) is 17.8. The second-order valence-corrected chi connectivity index (χ2v) is 17.8. The number of ether oxygens (including phenoxy) is 3. The van der Waals surface area contributed by atoms with Gasteiger partial charge in [-0.15, -0.1) is 0 Å². The van der Waals surface area contributed by atoms with Gasteiger partial charge in [0.1, 0.15) is 13.2 Å². The minimum absolute atomic E-state index is 0.0680. The Hall–Kier alpha value is -1.85. The molecule has 0 spiro atoms. The molecule has 0 N–H and O–H groups in total. The molecule has 0 aromatic carbocycles. The van der Waals surface area contributed by atoms with Crippen molar-refractivity contribution in [1.29, 1.82) is 0 Å². The van der Waals surface area contributed by atoms with Crippen molar-refractivity contribution < 1.29 is 28.6 Å². The summed E-state index contributed by atoms with van der Waals surface area (Å²) in [6.45, 7) is 6.65. The first-order valence-corrected chi connectivity index (χ1v) is 26.2. The molecule has 6 nitrogen and oxygen atoms in total. The normalized spacial score (nSPS) is 12.0. The third-order valence-corrected chi connectivity index (χ3v) is 11.8. The topological polar surface area (TPSA) is 78.9 Å². The number of hydrogen-bond donors (Lipinski definition) is 0. The number of esters is 3. The molecular formula is C53H100O6. The molecule has 0 aliphatic rings. The Balaban J connectivity index is 4.31. The number of carbonyl (C=O) groups is 3. The molecule has 1 unspecified atom stereocenters. The van der Waals surface area contributed by atoms with E-state index in [4.69, 9.17) is 14.2 Å². The molecule has 0 saturated carbocycles. The molecule has 59 heavy (non-hydrogen) atoms. The highest BCUT2D eigenvalue weighted by molar-refractivity contribution is 5.71. The minimum Gasteiger partial charge on any atom is -0.462 e. The maximum absolute atomic E-state index is 12.8.